The fourth-order valence-electron chi connectivity index (χ4n) is 3.80. The van der Waals surface area contributed by atoms with E-state index in [-0.39, 0.29) is 11.3 Å². The lowest BCUT2D eigenvalue weighted by Crippen LogP contribution is -2.54. The lowest BCUT2D eigenvalue weighted by atomic mass is 9.94. The Hall–Kier alpha value is -2.68. The summed E-state index contributed by atoms with van der Waals surface area (Å²) in [6, 6.07) is 3.36. The summed E-state index contributed by atoms with van der Waals surface area (Å²) in [5.74, 6) is 0.500. The minimum Gasteiger partial charge on any atom is -0.472 e. The van der Waals surface area contributed by atoms with E-state index in [0.717, 1.165) is 0 Å². The SMILES string of the molecule is COC(=O)c1cnc(O[C@H]2CN3c4cc(Cl)nnc4NC[C@@]3(CF)C2)cc1C. The molecular formula is C18H19ClFN5O3. The minimum absolute atomic E-state index is 0.246. The lowest BCUT2D eigenvalue weighted by molar-refractivity contribution is 0.0599. The van der Waals surface area contributed by atoms with Gasteiger partial charge in [0.2, 0.25) is 5.88 Å². The number of ether oxygens (including phenoxy) is 2. The summed E-state index contributed by atoms with van der Waals surface area (Å²) in [5, 5.41) is 11.3. The van der Waals surface area contributed by atoms with Crippen molar-refractivity contribution in [3.63, 3.8) is 0 Å². The number of hydrogen-bond acceptors (Lipinski definition) is 8. The summed E-state index contributed by atoms with van der Waals surface area (Å²) in [7, 11) is 1.32. The average molecular weight is 408 g/mol. The zero-order chi connectivity index (χ0) is 19.9. The third-order valence-electron chi connectivity index (χ3n) is 5.21. The van der Waals surface area contributed by atoms with Gasteiger partial charge in [0.25, 0.3) is 0 Å². The summed E-state index contributed by atoms with van der Waals surface area (Å²) in [6.45, 7) is 2.08. The van der Waals surface area contributed by atoms with Crippen LogP contribution in [0.15, 0.2) is 18.3 Å². The van der Waals surface area contributed by atoms with E-state index < -0.39 is 18.2 Å². The first-order valence-corrected chi connectivity index (χ1v) is 9.16. The number of alkyl halides is 1. The van der Waals surface area contributed by atoms with Gasteiger partial charge < -0.3 is 19.7 Å². The number of esters is 1. The van der Waals surface area contributed by atoms with Crippen LogP contribution >= 0.6 is 11.6 Å². The largest absolute Gasteiger partial charge is 0.472 e. The first kappa shape index (κ1) is 18.7. The van der Waals surface area contributed by atoms with Crippen molar-refractivity contribution in [2.75, 3.05) is 37.1 Å². The number of rotatable bonds is 4. The van der Waals surface area contributed by atoms with Gasteiger partial charge in [-0.2, -0.15) is 0 Å². The summed E-state index contributed by atoms with van der Waals surface area (Å²) in [4.78, 5) is 17.9. The number of aryl methyl sites for hydroxylation is 1. The Labute approximate surface area is 166 Å². The molecule has 0 aromatic carbocycles. The molecule has 0 spiro atoms. The number of nitrogens with zero attached hydrogens (tertiary/aromatic N) is 4. The maximum Gasteiger partial charge on any atom is 0.339 e. The maximum absolute atomic E-state index is 14.1. The number of fused-ring (bicyclic) bond motifs is 3. The van der Waals surface area contributed by atoms with Gasteiger partial charge in [0.1, 0.15) is 12.8 Å². The van der Waals surface area contributed by atoms with Crippen molar-refractivity contribution < 1.29 is 18.7 Å². The molecule has 4 rings (SSSR count). The van der Waals surface area contributed by atoms with Gasteiger partial charge in [-0.05, 0) is 12.5 Å². The second-order valence-corrected chi connectivity index (χ2v) is 7.38. The zero-order valence-corrected chi connectivity index (χ0v) is 16.2. The van der Waals surface area contributed by atoms with Crippen LogP contribution in [0.1, 0.15) is 22.3 Å². The quantitative estimate of drug-likeness (QED) is 0.773. The molecule has 2 aliphatic heterocycles. The summed E-state index contributed by atoms with van der Waals surface area (Å²) < 4.78 is 24.9. The van der Waals surface area contributed by atoms with Crippen molar-refractivity contribution in [1.82, 2.24) is 15.2 Å². The number of nitrogens with one attached hydrogen (secondary N) is 1. The van der Waals surface area contributed by atoms with Crippen molar-refractivity contribution in [2.24, 2.45) is 0 Å². The third-order valence-corrected chi connectivity index (χ3v) is 5.40. The molecule has 0 radical (unpaired) electrons. The summed E-state index contributed by atoms with van der Waals surface area (Å²) in [5.41, 5.74) is 1.04. The molecule has 10 heteroatoms. The Balaban J connectivity index is 1.57. The number of pyridine rings is 1. The third kappa shape index (κ3) is 3.09. The molecule has 2 aromatic rings. The highest BCUT2D eigenvalue weighted by Gasteiger charge is 2.50. The van der Waals surface area contributed by atoms with Gasteiger partial charge in [-0.25, -0.2) is 14.2 Å². The molecule has 28 heavy (non-hydrogen) atoms. The highest BCUT2D eigenvalue weighted by atomic mass is 35.5. The summed E-state index contributed by atoms with van der Waals surface area (Å²) in [6.07, 6.45) is 1.61. The van der Waals surface area contributed by atoms with E-state index in [1.54, 1.807) is 19.1 Å². The van der Waals surface area contributed by atoms with Crippen LogP contribution in [-0.4, -0.2) is 59.7 Å². The normalized spacial score (nSPS) is 22.9. The molecule has 8 nitrogen and oxygen atoms in total. The predicted octanol–water partition coefficient (Wildman–Crippen LogP) is 2.41. The molecule has 2 atom stereocenters. The van der Waals surface area contributed by atoms with Gasteiger partial charge in [0.05, 0.1) is 30.4 Å². The number of halogens is 2. The van der Waals surface area contributed by atoms with Crippen LogP contribution in [0.4, 0.5) is 15.9 Å². The van der Waals surface area contributed by atoms with Gasteiger partial charge in [-0.1, -0.05) is 11.6 Å². The minimum atomic E-state index is -0.745. The standard InChI is InChI=1S/C18H19ClFN5O3/c1-10-3-15(21-6-12(10)17(26)27-2)28-11-5-18(8-20)9-22-16-13(25(18)7-11)4-14(19)23-24-16/h3-4,6,11H,5,7-9H2,1-2H3,(H,22,24)/t11-,18+/m1/s1. The molecule has 0 aliphatic carbocycles. The topological polar surface area (TPSA) is 89.5 Å². The van der Waals surface area contributed by atoms with Gasteiger partial charge in [-0.15, -0.1) is 10.2 Å². The highest BCUT2D eigenvalue weighted by molar-refractivity contribution is 6.29. The molecule has 1 N–H and O–H groups in total. The Bertz CT molecular complexity index is 930. The molecule has 2 aliphatic rings. The Morgan fingerprint density at radius 3 is 3.00 bits per heavy atom. The van der Waals surface area contributed by atoms with Crippen LogP contribution in [0.25, 0.3) is 0 Å². The first-order valence-electron chi connectivity index (χ1n) is 8.78. The van der Waals surface area contributed by atoms with Gasteiger partial charge in [0.15, 0.2) is 11.0 Å². The van der Waals surface area contributed by atoms with Gasteiger partial charge in [0, 0.05) is 31.3 Å². The lowest BCUT2D eigenvalue weighted by Gasteiger charge is -2.42. The van der Waals surface area contributed by atoms with Crippen LogP contribution in [0.3, 0.4) is 0 Å². The molecular weight excluding hydrogens is 389 g/mol. The Morgan fingerprint density at radius 1 is 1.46 bits per heavy atom. The van der Waals surface area contributed by atoms with Crippen molar-refractivity contribution >= 4 is 29.1 Å². The molecule has 0 amide bonds. The molecule has 1 fully saturated rings. The smallest absolute Gasteiger partial charge is 0.339 e. The molecule has 0 bridgehead atoms. The Kier molecular flexibility index (Phi) is 4.70. The zero-order valence-electron chi connectivity index (χ0n) is 15.4. The predicted molar refractivity (Wildman–Crippen MR) is 101 cm³/mol. The van der Waals surface area contributed by atoms with Crippen molar-refractivity contribution in [3.05, 3.63) is 34.6 Å². The average Bonchev–Trinajstić information content (AvgIpc) is 3.06. The van der Waals surface area contributed by atoms with E-state index in [1.165, 1.54) is 13.3 Å². The second kappa shape index (κ2) is 7.05. The summed E-state index contributed by atoms with van der Waals surface area (Å²) >= 11 is 5.99. The van der Waals surface area contributed by atoms with Crippen LogP contribution in [0.5, 0.6) is 5.88 Å². The molecule has 1 saturated heterocycles. The van der Waals surface area contributed by atoms with Crippen LogP contribution in [-0.2, 0) is 4.74 Å². The molecule has 2 aromatic heterocycles. The number of carbonyl (C=O) groups excluding carboxylic acids is 1. The number of anilines is 2. The first-order chi connectivity index (χ1) is 13.5. The van der Waals surface area contributed by atoms with Crippen LogP contribution in [0, 0.1) is 6.92 Å². The van der Waals surface area contributed by atoms with E-state index in [1.807, 2.05) is 4.90 Å². The molecule has 0 unspecified atom stereocenters. The second-order valence-electron chi connectivity index (χ2n) is 7.00. The highest BCUT2D eigenvalue weighted by Crippen LogP contribution is 2.43. The maximum atomic E-state index is 14.1. The molecule has 148 valence electrons. The van der Waals surface area contributed by atoms with Crippen molar-refractivity contribution in [3.8, 4) is 5.88 Å². The van der Waals surface area contributed by atoms with E-state index in [9.17, 15) is 9.18 Å². The van der Waals surface area contributed by atoms with Crippen molar-refractivity contribution in [2.45, 2.75) is 25.0 Å². The number of hydrogen-bond donors (Lipinski definition) is 1. The van der Waals surface area contributed by atoms with E-state index >= 15 is 0 Å². The van der Waals surface area contributed by atoms with Gasteiger partial charge >= 0.3 is 5.97 Å². The van der Waals surface area contributed by atoms with Gasteiger partial charge in [-0.3, -0.25) is 0 Å². The van der Waals surface area contributed by atoms with Crippen molar-refractivity contribution in [1.29, 1.82) is 0 Å². The monoisotopic (exact) mass is 407 g/mol. The van der Waals surface area contributed by atoms with E-state index in [4.69, 9.17) is 21.1 Å². The van der Waals surface area contributed by atoms with Crippen LogP contribution < -0.4 is 15.0 Å². The fourth-order valence-corrected chi connectivity index (χ4v) is 3.94. The molecule has 4 heterocycles. The number of methoxy groups -OCH3 is 1. The van der Waals surface area contributed by atoms with E-state index in [2.05, 4.69) is 20.5 Å². The number of aromatic nitrogens is 3. The molecule has 0 saturated carbocycles. The number of carbonyl (C=O) groups is 1. The fraction of sp³-hybridized carbons (Fsp3) is 0.444. The van der Waals surface area contributed by atoms with Crippen LogP contribution in [0.2, 0.25) is 5.15 Å². The van der Waals surface area contributed by atoms with E-state index in [0.29, 0.717) is 48.0 Å². The Morgan fingerprint density at radius 2 is 2.29 bits per heavy atom.